The van der Waals surface area contributed by atoms with Crippen LogP contribution in [0.15, 0.2) is 78.9 Å². The number of benzene rings is 3. The molecule has 0 aliphatic carbocycles. The Hall–Kier alpha value is -3.63. The van der Waals surface area contributed by atoms with Crippen LogP contribution < -0.4 is 15.4 Å². The van der Waals surface area contributed by atoms with Crippen molar-refractivity contribution in [1.29, 1.82) is 0 Å². The minimum absolute atomic E-state index is 0.0202. The lowest BCUT2D eigenvalue weighted by molar-refractivity contribution is -0.157. The Bertz CT molecular complexity index is 1370. The van der Waals surface area contributed by atoms with E-state index in [9.17, 15) is 14.2 Å². The highest BCUT2D eigenvalue weighted by Crippen LogP contribution is 2.66. The molecule has 0 aliphatic rings. The van der Waals surface area contributed by atoms with Crippen LogP contribution in [0, 0.1) is 6.92 Å². The summed E-state index contributed by atoms with van der Waals surface area (Å²) in [5, 5.41) is 5.30. The third-order valence-electron chi connectivity index (χ3n) is 6.58. The van der Waals surface area contributed by atoms with E-state index in [0.717, 1.165) is 23.3 Å². The summed E-state index contributed by atoms with van der Waals surface area (Å²) in [7, 11) is -4.80. The highest BCUT2D eigenvalue weighted by molar-refractivity contribution is 7.54. The summed E-state index contributed by atoms with van der Waals surface area (Å²) in [5.41, 5.74) is -4.11. The van der Waals surface area contributed by atoms with Gasteiger partial charge in [-0.3, -0.25) is 14.2 Å². The summed E-state index contributed by atoms with van der Waals surface area (Å²) in [6.45, 7) is 4.96. The van der Waals surface area contributed by atoms with Crippen molar-refractivity contribution in [2.24, 2.45) is 0 Å². The van der Waals surface area contributed by atoms with Gasteiger partial charge in [-0.25, -0.2) is 0 Å². The van der Waals surface area contributed by atoms with Crippen LogP contribution in [-0.2, 0) is 46.6 Å². The number of aryl methyl sites for hydroxylation is 1. The van der Waals surface area contributed by atoms with E-state index in [4.69, 9.17) is 18.5 Å². The number of amides is 2. The van der Waals surface area contributed by atoms with Crippen LogP contribution in [-0.4, -0.2) is 44.4 Å². The number of hydrogen-bond acceptors (Lipinski definition) is 7. The molecule has 2 N–H and O–H groups in total. The van der Waals surface area contributed by atoms with Gasteiger partial charge in [-0.2, -0.15) is 8.78 Å². The van der Waals surface area contributed by atoms with Gasteiger partial charge in [0.2, 0.25) is 12.1 Å². The van der Waals surface area contributed by atoms with E-state index in [2.05, 4.69) is 10.6 Å². The van der Waals surface area contributed by atoms with Crippen LogP contribution in [0.3, 0.4) is 0 Å². The quantitative estimate of drug-likeness (QED) is 0.0711. The monoisotopic (exact) mass is 632 g/mol. The summed E-state index contributed by atoms with van der Waals surface area (Å²) in [6, 6.07) is 21.5. The van der Waals surface area contributed by atoms with Gasteiger partial charge in [0.15, 0.2) is 0 Å². The highest BCUT2D eigenvalue weighted by Gasteiger charge is 2.54. The average Bonchev–Trinajstić information content (AvgIpc) is 3.01. The SMILES string of the molecule is CCOP(=O)(OCC)C(F)(F)c1ccc(CC(NC=O)(OCc2ccccc2)C(=O)NCCCOc2ccc(C)cc2)cc1. The summed E-state index contributed by atoms with van der Waals surface area (Å²) in [4.78, 5) is 25.3. The number of rotatable bonds is 19. The zero-order chi connectivity index (χ0) is 32.1. The van der Waals surface area contributed by atoms with Crippen LogP contribution >= 0.6 is 7.60 Å². The molecule has 0 radical (unpaired) electrons. The van der Waals surface area contributed by atoms with Gasteiger partial charge < -0.3 is 29.2 Å². The number of carbonyl (C=O) groups is 2. The smallest absolute Gasteiger partial charge is 0.404 e. The van der Waals surface area contributed by atoms with E-state index < -0.39 is 30.5 Å². The molecule has 0 aromatic heterocycles. The molecule has 3 rings (SSSR count). The molecule has 2 amide bonds. The van der Waals surface area contributed by atoms with E-state index in [1.54, 1.807) is 12.1 Å². The summed E-state index contributed by atoms with van der Waals surface area (Å²) in [6.07, 6.45) is 0.637. The molecular weight excluding hydrogens is 593 g/mol. The Morgan fingerprint density at radius 1 is 0.909 bits per heavy atom. The molecule has 1 unspecified atom stereocenters. The van der Waals surface area contributed by atoms with Crippen molar-refractivity contribution in [3.8, 4) is 5.75 Å². The second kappa shape index (κ2) is 16.4. The van der Waals surface area contributed by atoms with Crippen molar-refractivity contribution in [3.63, 3.8) is 0 Å². The van der Waals surface area contributed by atoms with Crippen molar-refractivity contribution >= 4 is 19.9 Å². The molecule has 0 heterocycles. The lowest BCUT2D eigenvalue weighted by Crippen LogP contribution is -2.60. The lowest BCUT2D eigenvalue weighted by Gasteiger charge is -2.32. The van der Waals surface area contributed by atoms with Crippen molar-refractivity contribution < 1.29 is 41.5 Å². The van der Waals surface area contributed by atoms with E-state index in [1.165, 1.54) is 26.0 Å². The first-order chi connectivity index (χ1) is 21.1. The van der Waals surface area contributed by atoms with Gasteiger partial charge in [0.05, 0.1) is 26.4 Å². The van der Waals surface area contributed by atoms with E-state index in [-0.39, 0.29) is 32.8 Å². The van der Waals surface area contributed by atoms with E-state index in [0.29, 0.717) is 30.8 Å². The minimum atomic E-state index is -4.80. The second-order valence-corrected chi connectivity index (χ2v) is 12.0. The van der Waals surface area contributed by atoms with Gasteiger partial charge in [-0.15, -0.1) is 0 Å². The molecule has 0 saturated heterocycles. The Morgan fingerprint density at radius 3 is 2.14 bits per heavy atom. The normalized spacial score (nSPS) is 13.1. The van der Waals surface area contributed by atoms with Gasteiger partial charge in [-0.1, -0.05) is 72.3 Å². The molecule has 0 bridgehead atoms. The first-order valence-corrected chi connectivity index (χ1v) is 15.9. The Balaban J connectivity index is 1.78. The molecule has 0 saturated carbocycles. The van der Waals surface area contributed by atoms with Gasteiger partial charge in [0, 0.05) is 18.5 Å². The molecule has 0 spiro atoms. The molecule has 9 nitrogen and oxygen atoms in total. The predicted octanol–water partition coefficient (Wildman–Crippen LogP) is 6.10. The molecule has 1 atom stereocenters. The van der Waals surface area contributed by atoms with E-state index in [1.807, 2.05) is 49.4 Å². The van der Waals surface area contributed by atoms with Crippen molar-refractivity contribution in [1.82, 2.24) is 10.6 Å². The fourth-order valence-corrected chi connectivity index (χ4v) is 5.82. The maximum atomic E-state index is 15.3. The van der Waals surface area contributed by atoms with Crippen LogP contribution in [0.4, 0.5) is 8.78 Å². The van der Waals surface area contributed by atoms with Crippen LogP contribution in [0.2, 0.25) is 0 Å². The Labute approximate surface area is 256 Å². The van der Waals surface area contributed by atoms with Crippen molar-refractivity contribution in [2.75, 3.05) is 26.4 Å². The number of hydrogen-bond donors (Lipinski definition) is 2. The zero-order valence-corrected chi connectivity index (χ0v) is 26.0. The average molecular weight is 633 g/mol. The molecule has 44 heavy (non-hydrogen) atoms. The standard InChI is InChI=1S/C32H39F2N2O7P/c1-4-42-44(39,43-5-2)32(33,34)28-16-14-26(15-17-28)22-31(36-24-37,41-23-27-10-7-6-8-11-27)30(38)35-20-9-21-40-29-18-12-25(3)13-19-29/h6-8,10-19,24H,4-5,9,20-23H2,1-3H3,(H,35,38)(H,36,37). The largest absolute Gasteiger partial charge is 0.494 e. The fraction of sp³-hybridized carbons (Fsp3) is 0.375. The fourth-order valence-electron chi connectivity index (χ4n) is 4.28. The zero-order valence-electron chi connectivity index (χ0n) is 25.1. The van der Waals surface area contributed by atoms with Gasteiger partial charge >= 0.3 is 13.3 Å². The number of carbonyl (C=O) groups excluding carboxylic acids is 2. The topological polar surface area (TPSA) is 112 Å². The molecule has 0 aliphatic heterocycles. The third-order valence-corrected chi connectivity index (χ3v) is 8.72. The summed E-state index contributed by atoms with van der Waals surface area (Å²) < 4.78 is 64.9. The van der Waals surface area contributed by atoms with Crippen LogP contribution in [0.25, 0.3) is 0 Å². The van der Waals surface area contributed by atoms with Gasteiger partial charge in [-0.05, 0) is 50.5 Å². The van der Waals surface area contributed by atoms with Gasteiger partial charge in [0.1, 0.15) is 5.75 Å². The number of halogens is 2. The number of alkyl halides is 2. The predicted molar refractivity (Wildman–Crippen MR) is 162 cm³/mol. The van der Waals surface area contributed by atoms with Gasteiger partial charge in [0.25, 0.3) is 5.91 Å². The first kappa shape index (κ1) is 34.9. The molecule has 238 valence electrons. The molecule has 12 heteroatoms. The number of ether oxygens (including phenoxy) is 2. The number of nitrogens with one attached hydrogen (secondary N) is 2. The van der Waals surface area contributed by atoms with Crippen LogP contribution in [0.5, 0.6) is 5.75 Å². The van der Waals surface area contributed by atoms with E-state index >= 15 is 8.78 Å². The maximum absolute atomic E-state index is 15.3. The third kappa shape index (κ3) is 9.19. The first-order valence-electron chi connectivity index (χ1n) is 14.3. The van der Waals surface area contributed by atoms with Crippen molar-refractivity contribution in [2.45, 2.75) is 51.6 Å². The highest BCUT2D eigenvalue weighted by atomic mass is 31.2. The van der Waals surface area contributed by atoms with Crippen LogP contribution in [0.1, 0.15) is 42.5 Å². The molecular formula is C32H39F2N2O7P. The molecule has 3 aromatic carbocycles. The van der Waals surface area contributed by atoms with Crippen molar-refractivity contribution in [3.05, 3.63) is 101 Å². The Kier molecular flexibility index (Phi) is 13.0. The Morgan fingerprint density at radius 2 is 1.55 bits per heavy atom. The second-order valence-electron chi connectivity index (χ2n) is 9.88. The summed E-state index contributed by atoms with van der Waals surface area (Å²) in [5.74, 6) is 0.0837. The lowest BCUT2D eigenvalue weighted by atomic mass is 9.99. The maximum Gasteiger partial charge on any atom is 0.404 e. The molecule has 0 fully saturated rings. The molecule has 3 aromatic rings. The summed E-state index contributed by atoms with van der Waals surface area (Å²) >= 11 is 0. The minimum Gasteiger partial charge on any atom is -0.494 e.